The molecule has 2 aliphatic rings. The topological polar surface area (TPSA) is 198 Å². The predicted molar refractivity (Wildman–Crippen MR) is 252 cm³/mol. The van der Waals surface area contributed by atoms with Gasteiger partial charge in [-0.1, -0.05) is 59.8 Å². The Balaban J connectivity index is 0.00000240. The van der Waals surface area contributed by atoms with Crippen LogP contribution in [0.4, 0.5) is 14.0 Å². The Labute approximate surface area is 390 Å². The van der Waals surface area contributed by atoms with E-state index in [1.54, 1.807) is 28.1 Å². The van der Waals surface area contributed by atoms with Crippen LogP contribution in [0.2, 0.25) is 0 Å². The number of hydrogen-bond donors (Lipinski definition) is 4. The second-order valence-electron chi connectivity index (χ2n) is 16.8. The molecule has 3 atom stereocenters. The summed E-state index contributed by atoms with van der Waals surface area (Å²) >= 11 is 0. The lowest BCUT2D eigenvalue weighted by Crippen LogP contribution is -2.51. The van der Waals surface area contributed by atoms with E-state index in [1.165, 1.54) is 33.0 Å². The zero-order valence-corrected chi connectivity index (χ0v) is 39.7. The predicted octanol–water partition coefficient (Wildman–Crippen LogP) is 8.42. The Bertz CT molecular complexity index is 2630. The van der Waals surface area contributed by atoms with E-state index in [9.17, 15) is 19.2 Å². The fraction of sp³-hybridized carbons (Fsp3) is 0.429. The SMILES string of the molecule is C=C(N/C(=C\C)c1cc(F)c2c(c1)OC(c1nc(C)co1)n1c-2cc2cc(-c3cnc(CN(CCC)C(=O)C(NC(=O)OC)C(C)C)[nH]3)ccc21)C1CCCN1C(=O)CNC(=O)OC.CCC. The molecule has 18 heteroatoms. The molecule has 0 radical (unpaired) electrons. The van der Waals surface area contributed by atoms with Crippen LogP contribution in [0.1, 0.15) is 96.4 Å². The molecule has 358 valence electrons. The van der Waals surface area contributed by atoms with Crippen molar-refractivity contribution in [3.63, 3.8) is 0 Å². The highest BCUT2D eigenvalue weighted by molar-refractivity contribution is 5.93. The van der Waals surface area contributed by atoms with Gasteiger partial charge in [0, 0.05) is 41.0 Å². The van der Waals surface area contributed by atoms with Gasteiger partial charge in [0.2, 0.25) is 11.8 Å². The zero-order valence-electron chi connectivity index (χ0n) is 39.7. The number of halogens is 1. The molecule has 5 heterocycles. The fourth-order valence-electron chi connectivity index (χ4n) is 8.27. The van der Waals surface area contributed by atoms with Gasteiger partial charge in [0.15, 0.2) is 0 Å². The molecular weight excluding hydrogens is 862 g/mol. The van der Waals surface area contributed by atoms with E-state index in [0.717, 1.165) is 22.9 Å². The molecular formula is C49H62FN9O8. The van der Waals surface area contributed by atoms with Crippen LogP contribution in [-0.4, -0.2) is 99.3 Å². The van der Waals surface area contributed by atoms with Crippen LogP contribution in [-0.2, 0) is 25.6 Å². The number of nitrogens with one attached hydrogen (secondary N) is 4. The Hall–Kier alpha value is -7.11. The molecule has 0 aliphatic carbocycles. The van der Waals surface area contributed by atoms with Crippen LogP contribution in [0.5, 0.6) is 5.75 Å². The van der Waals surface area contributed by atoms with Crippen molar-refractivity contribution in [3.05, 3.63) is 96.0 Å². The molecule has 4 amide bonds. The van der Waals surface area contributed by atoms with E-state index in [4.69, 9.17) is 13.9 Å². The highest BCUT2D eigenvalue weighted by atomic mass is 19.1. The van der Waals surface area contributed by atoms with Crippen molar-refractivity contribution in [3.8, 4) is 28.3 Å². The number of hydrogen-bond acceptors (Lipinski definition) is 11. The number of allylic oxidation sites excluding steroid dienone is 1. The van der Waals surface area contributed by atoms with Gasteiger partial charge in [-0.15, -0.1) is 0 Å². The number of aryl methyl sites for hydroxylation is 1. The third-order valence-corrected chi connectivity index (χ3v) is 11.4. The van der Waals surface area contributed by atoms with Crippen LogP contribution < -0.4 is 20.7 Å². The number of carbonyl (C=O) groups excluding carboxylic acids is 4. The first-order valence-electron chi connectivity index (χ1n) is 22.6. The van der Waals surface area contributed by atoms with Crippen molar-refractivity contribution in [2.45, 2.75) is 99.0 Å². The summed E-state index contributed by atoms with van der Waals surface area (Å²) in [5.74, 6) is -0.0884. The van der Waals surface area contributed by atoms with Gasteiger partial charge in [0.25, 0.3) is 12.1 Å². The summed E-state index contributed by atoms with van der Waals surface area (Å²) in [6.45, 7) is 18.8. The van der Waals surface area contributed by atoms with Gasteiger partial charge in [0.05, 0.1) is 61.2 Å². The Morgan fingerprint density at radius 3 is 2.49 bits per heavy atom. The van der Waals surface area contributed by atoms with Gasteiger partial charge in [-0.25, -0.2) is 23.9 Å². The summed E-state index contributed by atoms with van der Waals surface area (Å²) in [5, 5.41) is 9.22. The number of rotatable bonds is 15. The normalized spacial score (nSPS) is 15.7. The van der Waals surface area contributed by atoms with Crippen molar-refractivity contribution < 1.29 is 42.2 Å². The number of nitrogens with zero attached hydrogens (tertiary/aromatic N) is 5. The first kappa shape index (κ1) is 49.3. The van der Waals surface area contributed by atoms with Gasteiger partial charge in [0.1, 0.15) is 36.2 Å². The number of oxazole rings is 1. The quantitative estimate of drug-likeness (QED) is 0.0786. The second kappa shape index (κ2) is 21.9. The van der Waals surface area contributed by atoms with E-state index < -0.39 is 30.3 Å². The largest absolute Gasteiger partial charge is 0.460 e. The van der Waals surface area contributed by atoms with Gasteiger partial charge in [-0.3, -0.25) is 14.2 Å². The van der Waals surface area contributed by atoms with Crippen LogP contribution in [0.25, 0.3) is 39.1 Å². The number of imidazole rings is 1. The Kier molecular flexibility index (Phi) is 16.1. The summed E-state index contributed by atoms with van der Waals surface area (Å²) in [6, 6.07) is 9.80. The average molecular weight is 924 g/mol. The monoisotopic (exact) mass is 923 g/mol. The second-order valence-corrected chi connectivity index (χ2v) is 16.8. The molecule has 2 aromatic carbocycles. The molecule has 5 aromatic rings. The smallest absolute Gasteiger partial charge is 0.407 e. The van der Waals surface area contributed by atoms with Gasteiger partial charge in [-0.05, 0) is 69.4 Å². The van der Waals surface area contributed by atoms with Crippen LogP contribution in [0.15, 0.2) is 71.6 Å². The minimum Gasteiger partial charge on any atom is -0.460 e. The summed E-state index contributed by atoms with van der Waals surface area (Å²) in [6.07, 6.45) is 6.15. The number of ether oxygens (including phenoxy) is 3. The van der Waals surface area contributed by atoms with E-state index >= 15 is 4.39 Å². The zero-order chi connectivity index (χ0) is 48.5. The highest BCUT2D eigenvalue weighted by Crippen LogP contribution is 2.46. The molecule has 17 nitrogen and oxygen atoms in total. The molecule has 1 saturated heterocycles. The van der Waals surface area contributed by atoms with E-state index in [2.05, 4.69) is 56.1 Å². The molecule has 0 bridgehead atoms. The number of methoxy groups -OCH3 is 2. The number of alkyl carbamates (subject to hydrolysis) is 2. The van der Waals surface area contributed by atoms with Gasteiger partial charge in [-0.2, -0.15) is 0 Å². The van der Waals surface area contributed by atoms with Crippen LogP contribution in [0.3, 0.4) is 0 Å². The molecule has 4 N–H and O–H groups in total. The molecule has 3 aromatic heterocycles. The summed E-state index contributed by atoms with van der Waals surface area (Å²) < 4.78 is 40.5. The van der Waals surface area contributed by atoms with E-state index in [0.29, 0.717) is 65.8 Å². The third kappa shape index (κ3) is 11.0. The number of carbonyl (C=O) groups is 4. The number of benzene rings is 2. The molecule has 67 heavy (non-hydrogen) atoms. The van der Waals surface area contributed by atoms with Crippen molar-refractivity contribution in [1.82, 2.24) is 45.3 Å². The minimum atomic E-state index is -0.882. The molecule has 3 unspecified atom stereocenters. The minimum absolute atomic E-state index is 0.176. The lowest BCUT2D eigenvalue weighted by atomic mass is 10.0. The number of aromatic nitrogens is 4. The molecule has 0 saturated carbocycles. The average Bonchev–Trinajstić information content (AvgIpc) is 4.15. The summed E-state index contributed by atoms with van der Waals surface area (Å²) in [5.41, 5.74) is 5.32. The van der Waals surface area contributed by atoms with Crippen LogP contribution >= 0.6 is 0 Å². The van der Waals surface area contributed by atoms with Crippen LogP contribution in [0, 0.1) is 18.7 Å². The number of fused-ring (bicyclic) bond motifs is 5. The summed E-state index contributed by atoms with van der Waals surface area (Å²) in [4.78, 5) is 66.2. The van der Waals surface area contributed by atoms with Crippen molar-refractivity contribution in [1.29, 1.82) is 0 Å². The molecule has 2 aliphatic heterocycles. The molecule has 0 spiro atoms. The molecule has 7 rings (SSSR count). The van der Waals surface area contributed by atoms with E-state index in [1.807, 2.05) is 63.5 Å². The van der Waals surface area contributed by atoms with Crippen molar-refractivity contribution in [2.24, 2.45) is 5.92 Å². The van der Waals surface area contributed by atoms with E-state index in [-0.39, 0.29) is 54.1 Å². The Morgan fingerprint density at radius 2 is 1.84 bits per heavy atom. The maximum absolute atomic E-state index is 16.7. The first-order valence-corrected chi connectivity index (χ1v) is 22.6. The van der Waals surface area contributed by atoms with Gasteiger partial charge >= 0.3 is 12.2 Å². The summed E-state index contributed by atoms with van der Waals surface area (Å²) in [7, 11) is 2.49. The maximum Gasteiger partial charge on any atom is 0.407 e. The third-order valence-electron chi connectivity index (χ3n) is 11.4. The lowest BCUT2D eigenvalue weighted by molar-refractivity contribution is -0.135. The fourth-order valence-corrected chi connectivity index (χ4v) is 8.27. The first-order chi connectivity index (χ1) is 32.2. The lowest BCUT2D eigenvalue weighted by Gasteiger charge is -2.30. The number of aromatic amines is 1. The highest BCUT2D eigenvalue weighted by Gasteiger charge is 2.36. The Morgan fingerprint density at radius 1 is 1.09 bits per heavy atom. The molecule has 1 fully saturated rings. The number of amides is 4. The maximum atomic E-state index is 16.7. The van der Waals surface area contributed by atoms with Gasteiger partial charge < -0.3 is 49.4 Å². The van der Waals surface area contributed by atoms with Crippen molar-refractivity contribution in [2.75, 3.05) is 33.9 Å². The standard InChI is InChI=1S/C46H54FN9O8.C3H8/c1-9-15-54(43(58)41(25(3)4)53-46(60)62-8)23-38-48-21-33(52-38)28-13-14-35-30(17-28)19-36-40-31(47)18-29(20-37(40)64-44(56(35)36)42-50-26(5)24-63-42)32(10-2)51-27(6)34-12-11-16-55(34)39(57)22-49-45(59)61-7;1-3-2/h10,13-14,17-21,24-25,34,41,44,51H,6,9,11-12,15-16,22-23H2,1-5,7-8H3,(H,48,52)(H,49,59)(H,53,60);3H2,1-2H3/b32-10-;. The van der Waals surface area contributed by atoms with Crippen molar-refractivity contribution >= 4 is 40.6 Å². The number of likely N-dealkylation sites (tertiary alicyclic amines) is 1. The number of H-pyrrole nitrogens is 1.